The molecule has 0 amide bonds. The molecule has 1 aromatic heterocycles. The zero-order chi connectivity index (χ0) is 16.4. The molecule has 0 saturated heterocycles. The van der Waals surface area contributed by atoms with Gasteiger partial charge >= 0.3 is 0 Å². The van der Waals surface area contributed by atoms with Crippen molar-refractivity contribution in [3.05, 3.63) is 60.2 Å². The van der Waals surface area contributed by atoms with E-state index in [1.807, 2.05) is 11.6 Å². The molecule has 0 atom stereocenters. The van der Waals surface area contributed by atoms with Crippen LogP contribution in [0.3, 0.4) is 0 Å². The molecule has 0 aliphatic rings. The van der Waals surface area contributed by atoms with E-state index < -0.39 is 10.0 Å². The Kier molecular flexibility index (Phi) is 4.14. The monoisotopic (exact) mass is 333 g/mol. The number of hydrogen-bond acceptors (Lipinski definition) is 3. The van der Waals surface area contributed by atoms with E-state index in [1.54, 1.807) is 36.7 Å². The van der Waals surface area contributed by atoms with Crippen LogP contribution in [0.25, 0.3) is 11.0 Å². The molecule has 0 saturated carbocycles. The van der Waals surface area contributed by atoms with Gasteiger partial charge in [0, 0.05) is 13.6 Å². The maximum atomic E-state index is 12.8. The molecule has 0 aliphatic carbocycles. The Bertz CT molecular complexity index is 934. The number of aryl methyl sites for hydroxylation is 1. The predicted octanol–water partition coefficient (Wildman–Crippen LogP) is 2.23. The normalized spacial score (nSPS) is 11.9. The Morgan fingerprint density at radius 1 is 1.17 bits per heavy atom. The molecule has 0 fully saturated rings. The highest BCUT2D eigenvalue weighted by Gasteiger charge is 2.15. The Morgan fingerprint density at radius 3 is 2.65 bits per heavy atom. The van der Waals surface area contributed by atoms with E-state index in [0.29, 0.717) is 11.9 Å². The number of imidazole rings is 1. The molecular weight excluding hydrogens is 317 g/mol. The van der Waals surface area contributed by atoms with Crippen molar-refractivity contribution in [2.45, 2.75) is 11.3 Å². The van der Waals surface area contributed by atoms with Crippen molar-refractivity contribution >= 4 is 21.1 Å². The number of nitrogens with one attached hydrogen (secondary N) is 1. The molecular formula is C16H16FN3O2S. The van der Waals surface area contributed by atoms with Gasteiger partial charge < -0.3 is 4.57 Å². The van der Waals surface area contributed by atoms with Crippen LogP contribution >= 0.6 is 0 Å². The van der Waals surface area contributed by atoms with Crippen LogP contribution in [0.2, 0.25) is 0 Å². The fourth-order valence-corrected chi connectivity index (χ4v) is 3.40. The van der Waals surface area contributed by atoms with Gasteiger partial charge in [0.25, 0.3) is 0 Å². The second kappa shape index (κ2) is 6.10. The lowest BCUT2D eigenvalue weighted by atomic mass is 10.1. The van der Waals surface area contributed by atoms with E-state index in [1.165, 1.54) is 12.1 Å². The van der Waals surface area contributed by atoms with Crippen molar-refractivity contribution in [1.82, 2.24) is 14.3 Å². The molecule has 23 heavy (non-hydrogen) atoms. The van der Waals surface area contributed by atoms with Gasteiger partial charge in [0.05, 0.1) is 22.3 Å². The van der Waals surface area contributed by atoms with Gasteiger partial charge in [-0.05, 0) is 42.3 Å². The smallest absolute Gasteiger partial charge is 0.240 e. The summed E-state index contributed by atoms with van der Waals surface area (Å²) in [7, 11) is -1.74. The van der Waals surface area contributed by atoms with Crippen molar-refractivity contribution < 1.29 is 12.8 Å². The molecule has 7 heteroatoms. The molecule has 0 radical (unpaired) electrons. The van der Waals surface area contributed by atoms with Gasteiger partial charge in [0.15, 0.2) is 0 Å². The van der Waals surface area contributed by atoms with Gasteiger partial charge in [-0.2, -0.15) is 0 Å². The van der Waals surface area contributed by atoms with Gasteiger partial charge in [0.1, 0.15) is 5.82 Å². The lowest BCUT2D eigenvalue weighted by molar-refractivity contribution is 0.581. The number of halogens is 1. The maximum absolute atomic E-state index is 12.8. The molecule has 0 spiro atoms. The third kappa shape index (κ3) is 3.40. The molecule has 5 nitrogen and oxygen atoms in total. The van der Waals surface area contributed by atoms with E-state index in [2.05, 4.69) is 9.71 Å². The first-order valence-corrected chi connectivity index (χ1v) is 8.59. The first-order chi connectivity index (χ1) is 11.0. The third-order valence-corrected chi connectivity index (χ3v) is 5.08. The highest BCUT2D eigenvalue weighted by molar-refractivity contribution is 7.89. The van der Waals surface area contributed by atoms with Crippen molar-refractivity contribution in [2.75, 3.05) is 6.54 Å². The average Bonchev–Trinajstić information content (AvgIpc) is 2.90. The van der Waals surface area contributed by atoms with Gasteiger partial charge in [-0.15, -0.1) is 0 Å². The van der Waals surface area contributed by atoms with Gasteiger partial charge in [0.2, 0.25) is 10.0 Å². The zero-order valence-electron chi connectivity index (χ0n) is 12.5. The van der Waals surface area contributed by atoms with Gasteiger partial charge in [-0.1, -0.05) is 12.1 Å². The van der Waals surface area contributed by atoms with Crippen molar-refractivity contribution in [1.29, 1.82) is 0 Å². The van der Waals surface area contributed by atoms with Crippen LogP contribution in [-0.2, 0) is 23.5 Å². The average molecular weight is 333 g/mol. The van der Waals surface area contributed by atoms with E-state index in [4.69, 9.17) is 0 Å². The number of fused-ring (bicyclic) bond motifs is 1. The quantitative estimate of drug-likeness (QED) is 0.779. The molecule has 1 N–H and O–H groups in total. The Labute approximate surface area is 133 Å². The standard InChI is InChI=1S/C16H16FN3O2S/c1-20-11-18-15-10-14(6-7-16(15)20)23(21,22)19-9-8-12-2-4-13(17)5-3-12/h2-7,10-11,19H,8-9H2,1H3. The Morgan fingerprint density at radius 2 is 1.91 bits per heavy atom. The summed E-state index contributed by atoms with van der Waals surface area (Å²) in [4.78, 5) is 4.35. The van der Waals surface area contributed by atoms with Crippen LogP contribution in [0.1, 0.15) is 5.56 Å². The van der Waals surface area contributed by atoms with Crippen LogP contribution in [0, 0.1) is 5.82 Å². The summed E-state index contributed by atoms with van der Waals surface area (Å²) in [6, 6.07) is 10.8. The summed E-state index contributed by atoms with van der Waals surface area (Å²) >= 11 is 0. The lowest BCUT2D eigenvalue weighted by Gasteiger charge is -2.07. The molecule has 0 bridgehead atoms. The Hall–Kier alpha value is -2.25. The number of hydrogen-bond donors (Lipinski definition) is 1. The largest absolute Gasteiger partial charge is 0.334 e. The van der Waals surface area contributed by atoms with Crippen LogP contribution in [0.15, 0.2) is 53.7 Å². The molecule has 3 rings (SSSR count). The summed E-state index contributed by atoms with van der Waals surface area (Å²) < 4.78 is 41.9. The molecule has 3 aromatic rings. The Balaban J connectivity index is 1.71. The summed E-state index contributed by atoms with van der Waals surface area (Å²) in [5.74, 6) is -0.307. The summed E-state index contributed by atoms with van der Waals surface area (Å²) in [5.41, 5.74) is 2.37. The predicted molar refractivity (Wildman–Crippen MR) is 86.0 cm³/mol. The minimum absolute atomic E-state index is 0.183. The fraction of sp³-hybridized carbons (Fsp3) is 0.188. The van der Waals surface area contributed by atoms with Crippen LogP contribution < -0.4 is 4.72 Å². The molecule has 0 aliphatic heterocycles. The van der Waals surface area contributed by atoms with Crippen LogP contribution in [-0.4, -0.2) is 24.5 Å². The second-order valence-corrected chi connectivity index (χ2v) is 7.05. The molecule has 2 aromatic carbocycles. The second-order valence-electron chi connectivity index (χ2n) is 5.28. The first-order valence-electron chi connectivity index (χ1n) is 7.11. The molecule has 1 heterocycles. The summed E-state index contributed by atoms with van der Waals surface area (Å²) in [6.45, 7) is 0.244. The number of rotatable bonds is 5. The van der Waals surface area contributed by atoms with Crippen molar-refractivity contribution in [2.24, 2.45) is 7.05 Å². The minimum Gasteiger partial charge on any atom is -0.334 e. The molecule has 120 valence electrons. The number of aromatic nitrogens is 2. The van der Waals surface area contributed by atoms with Gasteiger partial charge in [-0.25, -0.2) is 22.5 Å². The highest BCUT2D eigenvalue weighted by atomic mass is 32.2. The first kappa shape index (κ1) is 15.6. The maximum Gasteiger partial charge on any atom is 0.240 e. The lowest BCUT2D eigenvalue weighted by Crippen LogP contribution is -2.26. The SMILES string of the molecule is Cn1cnc2cc(S(=O)(=O)NCCc3ccc(F)cc3)ccc21. The number of benzene rings is 2. The van der Waals surface area contributed by atoms with Crippen LogP contribution in [0.4, 0.5) is 4.39 Å². The van der Waals surface area contributed by atoms with E-state index in [-0.39, 0.29) is 17.3 Å². The zero-order valence-corrected chi connectivity index (χ0v) is 13.3. The highest BCUT2D eigenvalue weighted by Crippen LogP contribution is 2.17. The number of nitrogens with zero attached hydrogens (tertiary/aromatic N) is 2. The van der Waals surface area contributed by atoms with E-state index in [0.717, 1.165) is 11.1 Å². The fourth-order valence-electron chi connectivity index (χ4n) is 2.35. The summed E-state index contributed by atoms with van der Waals surface area (Å²) in [5, 5.41) is 0. The molecule has 0 unspecified atom stereocenters. The van der Waals surface area contributed by atoms with Crippen LogP contribution in [0.5, 0.6) is 0 Å². The topological polar surface area (TPSA) is 64.0 Å². The van der Waals surface area contributed by atoms with Crippen molar-refractivity contribution in [3.8, 4) is 0 Å². The summed E-state index contributed by atoms with van der Waals surface area (Å²) in [6.07, 6.45) is 2.13. The number of sulfonamides is 1. The van der Waals surface area contributed by atoms with Crippen molar-refractivity contribution in [3.63, 3.8) is 0 Å². The minimum atomic E-state index is -3.59. The third-order valence-electron chi connectivity index (χ3n) is 3.63. The van der Waals surface area contributed by atoms with E-state index in [9.17, 15) is 12.8 Å². The van der Waals surface area contributed by atoms with Gasteiger partial charge in [-0.3, -0.25) is 0 Å². The van der Waals surface area contributed by atoms with E-state index >= 15 is 0 Å².